The van der Waals surface area contributed by atoms with E-state index in [9.17, 15) is 22.8 Å². The van der Waals surface area contributed by atoms with Gasteiger partial charge in [0.25, 0.3) is 11.8 Å². The summed E-state index contributed by atoms with van der Waals surface area (Å²) >= 11 is 6.95. The minimum Gasteiger partial charge on any atom is -0.497 e. The second-order valence-corrected chi connectivity index (χ2v) is 8.63. The molecule has 1 aliphatic rings. The number of ether oxygens (including phenoxy) is 1. The monoisotopic (exact) mass is 504 g/mol. The molecule has 0 fully saturated rings. The smallest absolute Gasteiger partial charge is 0.416 e. The third kappa shape index (κ3) is 4.90. The number of anilines is 2. The van der Waals surface area contributed by atoms with Crippen molar-refractivity contribution in [3.8, 4) is 5.75 Å². The van der Waals surface area contributed by atoms with E-state index in [1.807, 2.05) is 0 Å². The number of nitrogens with one attached hydrogen (secondary N) is 1. The van der Waals surface area contributed by atoms with Gasteiger partial charge in [-0.2, -0.15) is 13.2 Å². The molecule has 1 N–H and O–H groups in total. The Labute approximate surface area is 202 Å². The quantitative estimate of drug-likeness (QED) is 0.396. The molecule has 0 unspecified atom stereocenters. The molecule has 1 heterocycles. The Kier molecular flexibility index (Phi) is 6.58. The number of nitrogens with zero attached hydrogens (tertiary/aromatic N) is 1. The maximum Gasteiger partial charge on any atom is 0.416 e. The first-order chi connectivity index (χ1) is 16.2. The lowest BCUT2D eigenvalue weighted by atomic mass is 10.2. The first-order valence-corrected chi connectivity index (χ1v) is 11.0. The van der Waals surface area contributed by atoms with Crippen LogP contribution in [0.15, 0.2) is 88.3 Å². The molecular formula is C24H16ClF3N2O3S. The number of hydrogen-bond donors (Lipinski definition) is 1. The molecule has 0 aromatic heterocycles. The Balaban J connectivity index is 1.74. The highest BCUT2D eigenvalue weighted by Crippen LogP contribution is 2.39. The molecule has 0 aliphatic carbocycles. The van der Waals surface area contributed by atoms with Crippen molar-refractivity contribution in [2.75, 3.05) is 17.3 Å². The van der Waals surface area contributed by atoms with Gasteiger partial charge in [-0.25, -0.2) is 4.90 Å². The number of alkyl halides is 3. The summed E-state index contributed by atoms with van der Waals surface area (Å²) in [6.07, 6.45) is -4.62. The molecular weight excluding hydrogens is 489 g/mol. The lowest BCUT2D eigenvalue weighted by Gasteiger charge is -2.17. The molecule has 34 heavy (non-hydrogen) atoms. The number of hydrogen-bond acceptors (Lipinski definition) is 5. The van der Waals surface area contributed by atoms with Crippen LogP contribution in [0.25, 0.3) is 0 Å². The Morgan fingerprint density at radius 3 is 2.24 bits per heavy atom. The highest BCUT2D eigenvalue weighted by Gasteiger charge is 2.41. The Bertz CT molecular complexity index is 1280. The number of halogens is 4. The van der Waals surface area contributed by atoms with Gasteiger partial charge in [0.15, 0.2) is 0 Å². The summed E-state index contributed by atoms with van der Waals surface area (Å²) in [5.41, 5.74) is -0.691. The zero-order valence-electron chi connectivity index (χ0n) is 17.5. The molecule has 2 amide bonds. The molecule has 3 aromatic carbocycles. The molecule has 0 radical (unpaired) electrons. The second kappa shape index (κ2) is 9.44. The van der Waals surface area contributed by atoms with E-state index in [1.54, 1.807) is 48.5 Å². The average Bonchev–Trinajstić information content (AvgIpc) is 3.04. The van der Waals surface area contributed by atoms with E-state index >= 15 is 0 Å². The largest absolute Gasteiger partial charge is 0.497 e. The van der Waals surface area contributed by atoms with Crippen molar-refractivity contribution in [1.82, 2.24) is 0 Å². The molecule has 0 saturated carbocycles. The van der Waals surface area contributed by atoms with Crippen LogP contribution >= 0.6 is 23.4 Å². The summed E-state index contributed by atoms with van der Waals surface area (Å²) in [5.74, 6) is -0.911. The number of thioether (sulfide) groups is 1. The lowest BCUT2D eigenvalue weighted by Crippen LogP contribution is -2.32. The van der Waals surface area contributed by atoms with Gasteiger partial charge in [0.2, 0.25) is 0 Å². The summed E-state index contributed by atoms with van der Waals surface area (Å²) in [6.45, 7) is 0. The number of imide groups is 1. The SMILES string of the molecule is COc1ccc(NC2=C(Sc3ccc(Cl)cc3)C(=O)N(c3cccc(C(F)(F)F)c3)C2=O)cc1. The van der Waals surface area contributed by atoms with Crippen molar-refractivity contribution in [2.24, 2.45) is 0 Å². The van der Waals surface area contributed by atoms with Gasteiger partial charge in [0.1, 0.15) is 16.4 Å². The molecule has 0 atom stereocenters. The first kappa shape index (κ1) is 23.7. The van der Waals surface area contributed by atoms with Crippen LogP contribution in [0.3, 0.4) is 0 Å². The van der Waals surface area contributed by atoms with Crippen molar-refractivity contribution in [3.05, 3.63) is 94.0 Å². The second-order valence-electron chi connectivity index (χ2n) is 7.11. The molecule has 1 aliphatic heterocycles. The van der Waals surface area contributed by atoms with Gasteiger partial charge in [-0.1, -0.05) is 29.4 Å². The predicted octanol–water partition coefficient (Wildman–Crippen LogP) is 6.36. The Hall–Kier alpha value is -3.43. The zero-order valence-corrected chi connectivity index (χ0v) is 19.1. The van der Waals surface area contributed by atoms with Gasteiger partial charge in [0.05, 0.1) is 18.4 Å². The maximum absolute atomic E-state index is 13.3. The van der Waals surface area contributed by atoms with Crippen molar-refractivity contribution in [1.29, 1.82) is 0 Å². The Morgan fingerprint density at radius 1 is 0.941 bits per heavy atom. The van der Waals surface area contributed by atoms with Crippen LogP contribution in [0.4, 0.5) is 24.5 Å². The molecule has 0 spiro atoms. The van der Waals surface area contributed by atoms with E-state index in [-0.39, 0.29) is 16.3 Å². The zero-order chi connectivity index (χ0) is 24.5. The summed E-state index contributed by atoms with van der Waals surface area (Å²) in [7, 11) is 1.51. The van der Waals surface area contributed by atoms with E-state index in [2.05, 4.69) is 5.32 Å². The van der Waals surface area contributed by atoms with Crippen LogP contribution in [-0.4, -0.2) is 18.9 Å². The van der Waals surface area contributed by atoms with Crippen LogP contribution in [0.1, 0.15) is 5.56 Å². The maximum atomic E-state index is 13.3. The van der Waals surface area contributed by atoms with Gasteiger partial charge in [-0.05, 0) is 66.7 Å². The van der Waals surface area contributed by atoms with Gasteiger partial charge in [-0.3, -0.25) is 9.59 Å². The minimum atomic E-state index is -4.62. The number of amides is 2. The van der Waals surface area contributed by atoms with Crippen LogP contribution in [-0.2, 0) is 15.8 Å². The standard InChI is InChI=1S/C24H16ClF3N2O3S/c1-33-18-9-7-16(8-10-18)29-20-21(34-19-11-5-15(25)6-12-19)23(32)30(22(20)31)17-4-2-3-14(13-17)24(26,27)28/h2-13,29H,1H3. The summed E-state index contributed by atoms with van der Waals surface area (Å²) in [4.78, 5) is 28.0. The first-order valence-electron chi connectivity index (χ1n) is 9.82. The van der Waals surface area contributed by atoms with Crippen LogP contribution in [0.5, 0.6) is 5.75 Å². The summed E-state index contributed by atoms with van der Waals surface area (Å²) < 4.78 is 44.8. The van der Waals surface area contributed by atoms with E-state index < -0.39 is 23.6 Å². The number of rotatable bonds is 6. The van der Waals surface area contributed by atoms with Crippen molar-refractivity contribution in [3.63, 3.8) is 0 Å². The summed E-state index contributed by atoms with van der Waals surface area (Å²) in [5, 5.41) is 3.44. The molecule has 10 heteroatoms. The predicted molar refractivity (Wildman–Crippen MR) is 125 cm³/mol. The minimum absolute atomic E-state index is 0.0422. The van der Waals surface area contributed by atoms with Gasteiger partial charge in [-0.15, -0.1) is 0 Å². The molecule has 3 aromatic rings. The van der Waals surface area contributed by atoms with Gasteiger partial charge < -0.3 is 10.1 Å². The van der Waals surface area contributed by atoms with Crippen molar-refractivity contribution >= 4 is 46.6 Å². The van der Waals surface area contributed by atoms with Crippen molar-refractivity contribution < 1.29 is 27.5 Å². The van der Waals surface area contributed by atoms with Gasteiger partial charge >= 0.3 is 6.18 Å². The average molecular weight is 505 g/mol. The lowest BCUT2D eigenvalue weighted by molar-refractivity contribution is -0.137. The van der Waals surface area contributed by atoms with E-state index in [0.29, 0.717) is 21.4 Å². The fourth-order valence-corrected chi connectivity index (χ4v) is 4.26. The van der Waals surface area contributed by atoms with Gasteiger partial charge in [0, 0.05) is 15.6 Å². The fraction of sp³-hybridized carbons (Fsp3) is 0.0833. The number of carbonyl (C=O) groups excluding carboxylic acids is 2. The Morgan fingerprint density at radius 2 is 1.62 bits per heavy atom. The number of benzene rings is 3. The number of carbonyl (C=O) groups is 2. The molecule has 174 valence electrons. The van der Waals surface area contributed by atoms with Crippen LogP contribution < -0.4 is 15.0 Å². The highest BCUT2D eigenvalue weighted by atomic mass is 35.5. The summed E-state index contributed by atoms with van der Waals surface area (Å²) in [6, 6.07) is 17.3. The topological polar surface area (TPSA) is 58.6 Å². The molecule has 5 nitrogen and oxygen atoms in total. The third-order valence-electron chi connectivity index (χ3n) is 4.87. The van der Waals surface area contributed by atoms with E-state index in [4.69, 9.17) is 16.3 Å². The van der Waals surface area contributed by atoms with E-state index in [0.717, 1.165) is 34.9 Å². The number of methoxy groups -OCH3 is 1. The molecule has 0 saturated heterocycles. The highest BCUT2D eigenvalue weighted by molar-refractivity contribution is 8.04. The fourth-order valence-electron chi connectivity index (χ4n) is 3.21. The molecule has 4 rings (SSSR count). The van der Waals surface area contributed by atoms with E-state index in [1.165, 1.54) is 13.2 Å². The molecule has 0 bridgehead atoms. The normalized spacial score (nSPS) is 14.1. The third-order valence-corrected chi connectivity index (χ3v) is 6.21. The van der Waals surface area contributed by atoms with Crippen molar-refractivity contribution in [2.45, 2.75) is 11.1 Å². The van der Waals surface area contributed by atoms with Crippen LogP contribution in [0, 0.1) is 0 Å². The van der Waals surface area contributed by atoms with Crippen LogP contribution in [0.2, 0.25) is 5.02 Å².